The van der Waals surface area contributed by atoms with Crippen LogP contribution in [0, 0.1) is 30.9 Å². The van der Waals surface area contributed by atoms with Gasteiger partial charge in [0.05, 0.1) is 5.58 Å². The summed E-state index contributed by atoms with van der Waals surface area (Å²) in [5.41, 5.74) is 9.32. The first-order valence-corrected chi connectivity index (χ1v) is 25.1. The monoisotopic (exact) mass is 890 g/mol. The van der Waals surface area contributed by atoms with E-state index in [-0.39, 0.29) is 20.1 Å². The van der Waals surface area contributed by atoms with E-state index in [1.165, 1.54) is 43.2 Å². The van der Waals surface area contributed by atoms with E-state index < -0.39 is 13.3 Å². The molecule has 1 aliphatic carbocycles. The summed E-state index contributed by atoms with van der Waals surface area (Å²) in [7, 11) is 0. The zero-order valence-electron chi connectivity index (χ0n) is 30.1. The minimum Gasteiger partial charge on any atom is -0.486 e. The molecule has 7 rings (SSSR count). The Morgan fingerprint density at radius 1 is 0.857 bits per heavy atom. The van der Waals surface area contributed by atoms with Gasteiger partial charge in [0.25, 0.3) is 0 Å². The molecule has 49 heavy (non-hydrogen) atoms. The van der Waals surface area contributed by atoms with E-state index in [9.17, 15) is 0 Å². The van der Waals surface area contributed by atoms with Crippen molar-refractivity contribution in [3.8, 4) is 22.5 Å². The number of rotatable bonds is 7. The standard InChI is InChI=1S/C25H25N2O.C18H24GeN.Ir/c1-16-11-12-21-20-9-6-10-22(24(20)28-25(21)27-16)23-15-19(13-14-26-23)17(2)18-7-4-3-5-8-18;1-14(2)11-16-12-18(15-9-7-6-8-10-15)20-13-17(16)19(3,4)5;/h6,9,11-15,17-18H,3-5,7-8H2,1-2H3;6-9,12-14H,11H2,1-5H3;/q2*-1;. The van der Waals surface area contributed by atoms with Gasteiger partial charge >= 0.3 is 126 Å². The summed E-state index contributed by atoms with van der Waals surface area (Å²) in [6.07, 6.45) is 12.0. The normalized spacial score (nSPS) is 14.4. The fraction of sp³-hybridized carbons (Fsp3) is 0.372. The predicted octanol–water partition coefficient (Wildman–Crippen LogP) is 11.1. The first-order chi connectivity index (χ1) is 23.1. The molecule has 0 N–H and O–H groups in total. The Kier molecular flexibility index (Phi) is 12.3. The Balaban J connectivity index is 0.000000199. The van der Waals surface area contributed by atoms with Crippen molar-refractivity contribution in [2.24, 2.45) is 11.8 Å². The number of aryl methyl sites for hydroxylation is 1. The molecule has 1 unspecified atom stereocenters. The third-order valence-electron chi connectivity index (χ3n) is 9.77. The van der Waals surface area contributed by atoms with Gasteiger partial charge in [-0.15, -0.1) is 18.2 Å². The van der Waals surface area contributed by atoms with Crippen LogP contribution in [0.2, 0.25) is 17.3 Å². The zero-order chi connectivity index (χ0) is 33.8. The Morgan fingerprint density at radius 2 is 1.65 bits per heavy atom. The van der Waals surface area contributed by atoms with E-state index in [4.69, 9.17) is 9.40 Å². The van der Waals surface area contributed by atoms with E-state index in [1.807, 2.05) is 43.5 Å². The van der Waals surface area contributed by atoms with Crippen molar-refractivity contribution in [1.82, 2.24) is 15.0 Å². The minimum atomic E-state index is -1.86. The van der Waals surface area contributed by atoms with Gasteiger partial charge in [0.1, 0.15) is 0 Å². The predicted molar refractivity (Wildman–Crippen MR) is 203 cm³/mol. The Labute approximate surface area is 309 Å². The van der Waals surface area contributed by atoms with E-state index in [2.05, 4.69) is 103 Å². The van der Waals surface area contributed by atoms with Crippen LogP contribution in [-0.4, -0.2) is 28.2 Å². The number of pyridine rings is 3. The first kappa shape index (κ1) is 37.1. The number of nitrogens with zero attached hydrogens (tertiary/aromatic N) is 3. The van der Waals surface area contributed by atoms with E-state index in [1.54, 1.807) is 4.40 Å². The third kappa shape index (κ3) is 8.79. The smallest absolute Gasteiger partial charge is 0.216 e. The molecule has 0 bridgehead atoms. The van der Waals surface area contributed by atoms with Crippen LogP contribution in [0.15, 0.2) is 83.5 Å². The maximum atomic E-state index is 6.15. The molecule has 4 nitrogen and oxygen atoms in total. The average molecular weight is 889 g/mol. The van der Waals surface area contributed by atoms with Gasteiger partial charge < -0.3 is 9.40 Å². The van der Waals surface area contributed by atoms with E-state index in [0.29, 0.717) is 17.5 Å². The van der Waals surface area contributed by atoms with Gasteiger partial charge in [0.15, 0.2) is 0 Å². The second-order valence-electron chi connectivity index (χ2n) is 15.0. The summed E-state index contributed by atoms with van der Waals surface area (Å²) in [5, 5.41) is 2.12. The van der Waals surface area contributed by atoms with Crippen molar-refractivity contribution in [1.29, 1.82) is 0 Å². The number of hydrogen-bond acceptors (Lipinski definition) is 4. The van der Waals surface area contributed by atoms with Gasteiger partial charge in [-0.05, 0) is 55.5 Å². The maximum absolute atomic E-state index is 6.15. The Hall–Kier alpha value is -3.12. The molecule has 4 heterocycles. The van der Waals surface area contributed by atoms with Crippen molar-refractivity contribution in [3.05, 3.63) is 108 Å². The second-order valence-corrected chi connectivity index (χ2v) is 25.6. The fourth-order valence-corrected chi connectivity index (χ4v) is 10.5. The van der Waals surface area contributed by atoms with Crippen LogP contribution >= 0.6 is 0 Å². The molecule has 257 valence electrons. The molecular formula is C43H49GeIrN3O-2. The number of aromatic nitrogens is 3. The van der Waals surface area contributed by atoms with Gasteiger partial charge in [-0.1, -0.05) is 48.8 Å². The molecule has 6 aromatic rings. The molecule has 1 fully saturated rings. The molecule has 0 amide bonds. The quantitative estimate of drug-likeness (QED) is 0.118. The molecule has 6 heteroatoms. The van der Waals surface area contributed by atoms with Crippen molar-refractivity contribution in [3.63, 3.8) is 0 Å². The molecule has 4 aromatic heterocycles. The molecule has 1 radical (unpaired) electrons. The molecule has 1 aliphatic rings. The molecule has 0 saturated heterocycles. The topological polar surface area (TPSA) is 51.8 Å². The van der Waals surface area contributed by atoms with Crippen LogP contribution in [-0.2, 0) is 26.5 Å². The van der Waals surface area contributed by atoms with Crippen LogP contribution in [0.4, 0.5) is 0 Å². The van der Waals surface area contributed by atoms with Gasteiger partial charge in [-0.25, -0.2) is 4.98 Å². The zero-order valence-corrected chi connectivity index (χ0v) is 34.6. The van der Waals surface area contributed by atoms with Gasteiger partial charge in [0, 0.05) is 37.4 Å². The largest absolute Gasteiger partial charge is 0.486 e. The number of hydrogen-bond donors (Lipinski definition) is 0. The average Bonchev–Trinajstić information content (AvgIpc) is 3.46. The summed E-state index contributed by atoms with van der Waals surface area (Å²) < 4.78 is 7.69. The van der Waals surface area contributed by atoms with Crippen LogP contribution in [0.5, 0.6) is 0 Å². The number of furan rings is 1. The van der Waals surface area contributed by atoms with Gasteiger partial charge in [-0.3, -0.25) is 0 Å². The summed E-state index contributed by atoms with van der Waals surface area (Å²) in [6, 6.07) is 29.5. The number of fused-ring (bicyclic) bond motifs is 3. The molecule has 1 atom stereocenters. The van der Waals surface area contributed by atoms with Crippen LogP contribution in [0.1, 0.15) is 75.6 Å². The minimum absolute atomic E-state index is 0. The Bertz CT molecular complexity index is 1990. The van der Waals surface area contributed by atoms with E-state index >= 15 is 0 Å². The molecule has 0 spiro atoms. The number of benzene rings is 2. The molecule has 2 aromatic carbocycles. The SMILES string of the molecule is CC(C)Cc1cc(-c2[c-]cccc2)nc[c]1[Ge]([CH3])([CH3])[CH3].Cc1ccc2c(n1)oc1c(-c3cc(C(C)C4CCCCC4)ccn3)[c-]ccc12.[Ir]. The molecular weight excluding hydrogens is 839 g/mol. The summed E-state index contributed by atoms with van der Waals surface area (Å²) in [5.74, 6) is 9.33. The fourth-order valence-electron chi connectivity index (χ4n) is 7.16. The summed E-state index contributed by atoms with van der Waals surface area (Å²) in [4.78, 5) is 13.9. The molecule has 0 aliphatic heterocycles. The summed E-state index contributed by atoms with van der Waals surface area (Å²) in [6.45, 7) is 8.92. The van der Waals surface area contributed by atoms with Crippen molar-refractivity contribution >= 4 is 39.7 Å². The Morgan fingerprint density at radius 3 is 2.37 bits per heavy atom. The van der Waals surface area contributed by atoms with Crippen LogP contribution < -0.4 is 4.40 Å². The second kappa shape index (κ2) is 16.3. The molecule has 1 saturated carbocycles. The van der Waals surface area contributed by atoms with Crippen LogP contribution in [0.25, 0.3) is 44.6 Å². The first-order valence-electron chi connectivity index (χ1n) is 17.7. The van der Waals surface area contributed by atoms with Crippen molar-refractivity contribution in [2.75, 3.05) is 0 Å². The van der Waals surface area contributed by atoms with E-state index in [0.717, 1.165) is 56.9 Å². The van der Waals surface area contributed by atoms with Gasteiger partial charge in [0.2, 0.25) is 5.71 Å². The summed E-state index contributed by atoms with van der Waals surface area (Å²) >= 11 is -1.86. The van der Waals surface area contributed by atoms with Crippen molar-refractivity contribution < 1.29 is 24.5 Å². The van der Waals surface area contributed by atoms with Crippen molar-refractivity contribution in [2.45, 2.75) is 89.4 Å². The van der Waals surface area contributed by atoms with Gasteiger partial charge in [-0.2, -0.15) is 0 Å². The maximum Gasteiger partial charge on any atom is 0.216 e. The van der Waals surface area contributed by atoms with Crippen LogP contribution in [0.3, 0.4) is 0 Å². The third-order valence-corrected chi connectivity index (χ3v) is 14.1.